The minimum atomic E-state index is 0.109. The highest BCUT2D eigenvalue weighted by molar-refractivity contribution is 7.99. The summed E-state index contributed by atoms with van der Waals surface area (Å²) in [5.41, 5.74) is 3.18. The highest BCUT2D eigenvalue weighted by atomic mass is 32.2. The summed E-state index contributed by atoms with van der Waals surface area (Å²) in [6.07, 6.45) is 2.84. The van der Waals surface area contributed by atoms with Gasteiger partial charge in [0.15, 0.2) is 0 Å². The minimum absolute atomic E-state index is 0.109. The van der Waals surface area contributed by atoms with E-state index in [9.17, 15) is 4.79 Å². The predicted octanol–water partition coefficient (Wildman–Crippen LogP) is 2.97. The summed E-state index contributed by atoms with van der Waals surface area (Å²) in [7, 11) is 0. The molecule has 148 valence electrons. The van der Waals surface area contributed by atoms with Crippen LogP contribution in [0.15, 0.2) is 46.5 Å². The molecule has 28 heavy (non-hydrogen) atoms. The zero-order valence-electron chi connectivity index (χ0n) is 16.6. The Hall–Kier alpha value is -1.89. The Morgan fingerprint density at radius 1 is 1.18 bits per heavy atom. The first-order valence-corrected chi connectivity index (χ1v) is 10.9. The lowest BCUT2D eigenvalue weighted by Crippen LogP contribution is -2.49. The van der Waals surface area contributed by atoms with Crippen LogP contribution >= 0.6 is 11.8 Å². The van der Waals surface area contributed by atoms with Gasteiger partial charge in [-0.25, -0.2) is 4.98 Å². The fraction of sp³-hybridized carbons (Fsp3) is 0.455. The number of nitrogens with zero attached hydrogens (tertiary/aromatic N) is 3. The summed E-state index contributed by atoms with van der Waals surface area (Å²) in [6, 6.07) is 10.7. The number of benzene rings is 1. The molecule has 3 heterocycles. The molecule has 6 heteroatoms. The van der Waals surface area contributed by atoms with Crippen molar-refractivity contribution in [1.82, 2.24) is 20.1 Å². The molecule has 0 radical (unpaired) electrons. The molecule has 2 aromatic rings. The summed E-state index contributed by atoms with van der Waals surface area (Å²) in [6.45, 7) is 10.1. The SMILES string of the molecule is Cc1ccc(Sc2ncccc2C(=O)N2CCC(N3CCNCC3)C2)c(C)c1. The van der Waals surface area contributed by atoms with E-state index in [1.807, 2.05) is 17.0 Å². The number of rotatable bonds is 4. The Labute approximate surface area is 171 Å². The van der Waals surface area contributed by atoms with E-state index in [0.717, 1.165) is 55.6 Å². The van der Waals surface area contributed by atoms with Gasteiger partial charge in [-0.05, 0) is 44.0 Å². The van der Waals surface area contributed by atoms with Crippen LogP contribution in [0.4, 0.5) is 0 Å². The van der Waals surface area contributed by atoms with E-state index < -0.39 is 0 Å². The van der Waals surface area contributed by atoms with Gasteiger partial charge in [0.1, 0.15) is 5.03 Å². The Morgan fingerprint density at radius 2 is 2.00 bits per heavy atom. The molecule has 0 aliphatic carbocycles. The van der Waals surface area contributed by atoms with Crippen LogP contribution in [0.3, 0.4) is 0 Å². The molecule has 2 fully saturated rings. The molecule has 1 amide bonds. The molecule has 1 aromatic heterocycles. The van der Waals surface area contributed by atoms with Crippen LogP contribution in [0, 0.1) is 13.8 Å². The molecule has 0 saturated carbocycles. The highest BCUT2D eigenvalue weighted by Crippen LogP contribution is 2.32. The van der Waals surface area contributed by atoms with Crippen LogP contribution in [-0.4, -0.2) is 66.0 Å². The molecule has 1 atom stereocenters. The average molecular weight is 397 g/mol. The topological polar surface area (TPSA) is 48.5 Å². The van der Waals surface area contributed by atoms with Crippen molar-refractivity contribution in [2.75, 3.05) is 39.3 Å². The molecule has 2 saturated heterocycles. The molecule has 2 aliphatic heterocycles. The van der Waals surface area contributed by atoms with Gasteiger partial charge in [-0.2, -0.15) is 0 Å². The first kappa shape index (κ1) is 19.4. The quantitative estimate of drug-likeness (QED) is 0.861. The molecule has 0 bridgehead atoms. The van der Waals surface area contributed by atoms with E-state index in [-0.39, 0.29) is 5.91 Å². The first-order valence-electron chi connectivity index (χ1n) is 10.1. The largest absolute Gasteiger partial charge is 0.337 e. The van der Waals surface area contributed by atoms with Crippen molar-refractivity contribution in [3.05, 3.63) is 53.2 Å². The van der Waals surface area contributed by atoms with Crippen LogP contribution < -0.4 is 5.32 Å². The summed E-state index contributed by atoms with van der Waals surface area (Å²) >= 11 is 1.59. The lowest BCUT2D eigenvalue weighted by Gasteiger charge is -2.32. The lowest BCUT2D eigenvalue weighted by molar-refractivity contribution is 0.0769. The monoisotopic (exact) mass is 396 g/mol. The number of aromatic nitrogens is 1. The summed E-state index contributed by atoms with van der Waals surface area (Å²) in [5.74, 6) is 0.109. The van der Waals surface area contributed by atoms with E-state index in [4.69, 9.17) is 0 Å². The van der Waals surface area contributed by atoms with Crippen molar-refractivity contribution in [2.45, 2.75) is 36.2 Å². The number of nitrogens with one attached hydrogen (secondary N) is 1. The molecule has 5 nitrogen and oxygen atoms in total. The van der Waals surface area contributed by atoms with Crippen LogP contribution in [0.1, 0.15) is 27.9 Å². The van der Waals surface area contributed by atoms with Crippen LogP contribution in [-0.2, 0) is 0 Å². The van der Waals surface area contributed by atoms with Crippen LogP contribution in [0.2, 0.25) is 0 Å². The Morgan fingerprint density at radius 3 is 2.79 bits per heavy atom. The first-order chi connectivity index (χ1) is 13.6. The summed E-state index contributed by atoms with van der Waals surface area (Å²) in [5, 5.41) is 4.20. The standard InChI is InChI=1S/C22H28N4OS/c1-16-5-6-20(17(2)14-16)28-21-19(4-3-8-24-21)22(27)26-11-7-18(15-26)25-12-9-23-10-13-25/h3-6,8,14,18,23H,7,9-13,15H2,1-2H3. The molecule has 1 unspecified atom stereocenters. The van der Waals surface area contributed by atoms with E-state index in [1.165, 1.54) is 11.1 Å². The number of amides is 1. The van der Waals surface area contributed by atoms with Crippen molar-refractivity contribution in [3.63, 3.8) is 0 Å². The Balaban J connectivity index is 1.49. The number of pyridine rings is 1. The van der Waals surface area contributed by atoms with Gasteiger partial charge < -0.3 is 10.2 Å². The number of carbonyl (C=O) groups is 1. The fourth-order valence-electron chi connectivity index (χ4n) is 4.09. The second-order valence-corrected chi connectivity index (χ2v) is 8.74. The molecule has 2 aliphatic rings. The van der Waals surface area contributed by atoms with E-state index in [0.29, 0.717) is 11.6 Å². The molecular formula is C22H28N4OS. The van der Waals surface area contributed by atoms with Crippen molar-refractivity contribution >= 4 is 17.7 Å². The van der Waals surface area contributed by atoms with Crippen molar-refractivity contribution in [3.8, 4) is 0 Å². The Bertz CT molecular complexity index is 850. The van der Waals surface area contributed by atoms with E-state index in [1.54, 1.807) is 18.0 Å². The maximum atomic E-state index is 13.3. The van der Waals surface area contributed by atoms with Gasteiger partial charge in [-0.1, -0.05) is 29.5 Å². The maximum Gasteiger partial charge on any atom is 0.256 e. The van der Waals surface area contributed by atoms with E-state index >= 15 is 0 Å². The minimum Gasteiger partial charge on any atom is -0.337 e. The Kier molecular flexibility index (Phi) is 5.99. The maximum absolute atomic E-state index is 13.3. The molecule has 1 N–H and O–H groups in total. The number of hydrogen-bond acceptors (Lipinski definition) is 5. The normalized spacial score (nSPS) is 20.5. The van der Waals surface area contributed by atoms with Gasteiger partial charge in [0.25, 0.3) is 5.91 Å². The number of piperazine rings is 1. The fourth-order valence-corrected chi connectivity index (χ4v) is 5.04. The molecule has 0 spiro atoms. The number of likely N-dealkylation sites (tertiary alicyclic amines) is 1. The van der Waals surface area contributed by atoms with Gasteiger partial charge in [-0.3, -0.25) is 9.69 Å². The molecule has 1 aromatic carbocycles. The van der Waals surface area contributed by atoms with Gasteiger partial charge in [0, 0.05) is 56.4 Å². The van der Waals surface area contributed by atoms with Crippen LogP contribution in [0.25, 0.3) is 0 Å². The van der Waals surface area contributed by atoms with Crippen molar-refractivity contribution in [1.29, 1.82) is 0 Å². The number of hydrogen-bond donors (Lipinski definition) is 1. The predicted molar refractivity (Wildman–Crippen MR) is 113 cm³/mol. The third-order valence-electron chi connectivity index (χ3n) is 5.66. The van der Waals surface area contributed by atoms with Crippen molar-refractivity contribution in [2.24, 2.45) is 0 Å². The molecular weight excluding hydrogens is 368 g/mol. The second kappa shape index (κ2) is 8.64. The molecule has 4 rings (SSSR count). The van der Waals surface area contributed by atoms with Crippen LogP contribution in [0.5, 0.6) is 0 Å². The van der Waals surface area contributed by atoms with E-state index in [2.05, 4.69) is 47.2 Å². The number of carbonyl (C=O) groups excluding carboxylic acids is 1. The lowest BCUT2D eigenvalue weighted by atomic mass is 10.2. The summed E-state index contributed by atoms with van der Waals surface area (Å²) in [4.78, 5) is 23.5. The second-order valence-electron chi connectivity index (χ2n) is 7.71. The number of aryl methyl sites for hydroxylation is 2. The van der Waals surface area contributed by atoms with Gasteiger partial charge in [-0.15, -0.1) is 0 Å². The zero-order chi connectivity index (χ0) is 19.5. The van der Waals surface area contributed by atoms with Crippen molar-refractivity contribution < 1.29 is 4.79 Å². The van der Waals surface area contributed by atoms with Gasteiger partial charge >= 0.3 is 0 Å². The smallest absolute Gasteiger partial charge is 0.256 e. The van der Waals surface area contributed by atoms with Gasteiger partial charge in [0.05, 0.1) is 5.56 Å². The zero-order valence-corrected chi connectivity index (χ0v) is 17.5. The van der Waals surface area contributed by atoms with Gasteiger partial charge in [0.2, 0.25) is 0 Å². The summed E-state index contributed by atoms with van der Waals surface area (Å²) < 4.78 is 0. The average Bonchev–Trinajstić information content (AvgIpc) is 3.21. The highest BCUT2D eigenvalue weighted by Gasteiger charge is 2.32. The third kappa shape index (κ3) is 4.24. The third-order valence-corrected chi connectivity index (χ3v) is 6.85.